The van der Waals surface area contributed by atoms with E-state index in [9.17, 15) is 9.90 Å². The highest BCUT2D eigenvalue weighted by molar-refractivity contribution is 5.95. The Morgan fingerprint density at radius 3 is 2.50 bits per heavy atom. The SMILES string of the molecule is CCCCCCCCN(C)c1ccc(N)cc1C(=O)O. The fourth-order valence-corrected chi connectivity index (χ4v) is 2.31. The maximum Gasteiger partial charge on any atom is 0.337 e. The second-order valence-electron chi connectivity index (χ2n) is 5.27. The number of hydrogen-bond donors (Lipinski definition) is 2. The second-order valence-corrected chi connectivity index (χ2v) is 5.27. The van der Waals surface area contributed by atoms with E-state index in [0.29, 0.717) is 5.69 Å². The van der Waals surface area contributed by atoms with Crippen LogP contribution in [0.3, 0.4) is 0 Å². The van der Waals surface area contributed by atoms with E-state index in [0.717, 1.165) is 18.7 Å². The van der Waals surface area contributed by atoms with E-state index in [1.807, 2.05) is 11.9 Å². The number of carbonyl (C=O) groups is 1. The summed E-state index contributed by atoms with van der Waals surface area (Å²) >= 11 is 0. The van der Waals surface area contributed by atoms with Crippen LogP contribution in [0.25, 0.3) is 0 Å². The van der Waals surface area contributed by atoms with Crippen LogP contribution in [0.15, 0.2) is 18.2 Å². The number of anilines is 2. The highest BCUT2D eigenvalue weighted by Gasteiger charge is 2.13. The number of nitrogen functional groups attached to an aromatic ring is 1. The van der Waals surface area contributed by atoms with E-state index in [1.54, 1.807) is 12.1 Å². The lowest BCUT2D eigenvalue weighted by molar-refractivity contribution is 0.0697. The molecule has 0 unspecified atom stereocenters. The van der Waals surface area contributed by atoms with Crippen molar-refractivity contribution in [3.63, 3.8) is 0 Å². The molecule has 1 aromatic rings. The van der Waals surface area contributed by atoms with Gasteiger partial charge in [-0.15, -0.1) is 0 Å². The average Bonchev–Trinajstić information content (AvgIpc) is 2.42. The quantitative estimate of drug-likeness (QED) is 0.533. The molecular formula is C16H26N2O2. The van der Waals surface area contributed by atoms with Gasteiger partial charge >= 0.3 is 5.97 Å². The third-order valence-corrected chi connectivity index (χ3v) is 3.51. The number of hydrogen-bond acceptors (Lipinski definition) is 3. The summed E-state index contributed by atoms with van der Waals surface area (Å²) < 4.78 is 0. The Kier molecular flexibility index (Phi) is 6.91. The maximum absolute atomic E-state index is 11.2. The van der Waals surface area contributed by atoms with Crippen molar-refractivity contribution in [3.8, 4) is 0 Å². The first-order chi connectivity index (χ1) is 9.56. The Bertz CT molecular complexity index is 432. The molecule has 0 spiro atoms. The van der Waals surface area contributed by atoms with Gasteiger partial charge < -0.3 is 15.7 Å². The minimum Gasteiger partial charge on any atom is -0.478 e. The molecule has 0 saturated carbocycles. The topological polar surface area (TPSA) is 66.6 Å². The summed E-state index contributed by atoms with van der Waals surface area (Å²) in [4.78, 5) is 13.2. The van der Waals surface area contributed by atoms with Gasteiger partial charge in [0, 0.05) is 19.3 Å². The van der Waals surface area contributed by atoms with Crippen LogP contribution in [-0.2, 0) is 0 Å². The summed E-state index contributed by atoms with van der Waals surface area (Å²) in [5, 5.41) is 9.23. The molecule has 3 N–H and O–H groups in total. The van der Waals surface area contributed by atoms with Crippen LogP contribution in [0.4, 0.5) is 11.4 Å². The smallest absolute Gasteiger partial charge is 0.337 e. The predicted octanol–water partition coefficient (Wildman–Crippen LogP) is 3.76. The zero-order valence-electron chi connectivity index (χ0n) is 12.6. The molecule has 112 valence electrons. The molecule has 0 aliphatic carbocycles. The fourth-order valence-electron chi connectivity index (χ4n) is 2.31. The van der Waals surface area contributed by atoms with E-state index in [4.69, 9.17) is 5.73 Å². The summed E-state index contributed by atoms with van der Waals surface area (Å²) in [5.74, 6) is -0.929. The molecule has 0 heterocycles. The first-order valence-electron chi connectivity index (χ1n) is 7.40. The Balaban J connectivity index is 2.51. The number of nitrogens with two attached hydrogens (primary N) is 1. The van der Waals surface area contributed by atoms with Crippen molar-refractivity contribution in [1.82, 2.24) is 0 Å². The first-order valence-corrected chi connectivity index (χ1v) is 7.40. The van der Waals surface area contributed by atoms with Crippen LogP contribution >= 0.6 is 0 Å². The van der Waals surface area contributed by atoms with Gasteiger partial charge in [-0.2, -0.15) is 0 Å². The van der Waals surface area contributed by atoms with Crippen molar-refractivity contribution < 1.29 is 9.90 Å². The van der Waals surface area contributed by atoms with Gasteiger partial charge in [-0.1, -0.05) is 39.0 Å². The van der Waals surface area contributed by atoms with Crippen LogP contribution in [0.2, 0.25) is 0 Å². The number of carboxylic acids is 1. The average molecular weight is 278 g/mol. The van der Waals surface area contributed by atoms with Crippen LogP contribution < -0.4 is 10.6 Å². The maximum atomic E-state index is 11.2. The van der Waals surface area contributed by atoms with E-state index in [-0.39, 0.29) is 5.56 Å². The monoisotopic (exact) mass is 278 g/mol. The van der Waals surface area contributed by atoms with Gasteiger partial charge in [0.05, 0.1) is 11.3 Å². The summed E-state index contributed by atoms with van der Waals surface area (Å²) in [5.41, 5.74) is 7.15. The number of carboxylic acid groups (broad SMARTS) is 1. The Labute approximate surface area is 121 Å². The van der Waals surface area contributed by atoms with Crippen molar-refractivity contribution in [3.05, 3.63) is 23.8 Å². The van der Waals surface area contributed by atoms with Crippen molar-refractivity contribution >= 4 is 17.3 Å². The molecular weight excluding hydrogens is 252 g/mol. The molecule has 0 aliphatic rings. The molecule has 20 heavy (non-hydrogen) atoms. The Morgan fingerprint density at radius 2 is 1.85 bits per heavy atom. The lowest BCUT2D eigenvalue weighted by atomic mass is 10.1. The molecule has 0 atom stereocenters. The number of rotatable bonds is 9. The molecule has 1 rings (SSSR count). The van der Waals surface area contributed by atoms with Gasteiger partial charge in [-0.05, 0) is 24.6 Å². The standard InChI is InChI=1S/C16H26N2O2/c1-3-4-5-6-7-8-11-18(2)15-10-9-13(17)12-14(15)16(19)20/h9-10,12H,3-8,11,17H2,1-2H3,(H,19,20). The molecule has 4 heteroatoms. The van der Waals surface area contributed by atoms with Gasteiger partial charge in [0.1, 0.15) is 0 Å². The molecule has 1 aromatic carbocycles. The van der Waals surface area contributed by atoms with Crippen molar-refractivity contribution in [2.45, 2.75) is 45.4 Å². The van der Waals surface area contributed by atoms with Gasteiger partial charge in [0.2, 0.25) is 0 Å². The molecule has 0 fully saturated rings. The molecule has 4 nitrogen and oxygen atoms in total. The summed E-state index contributed by atoms with van der Waals surface area (Å²) in [6.45, 7) is 3.08. The third kappa shape index (κ3) is 5.11. The zero-order valence-corrected chi connectivity index (χ0v) is 12.6. The van der Waals surface area contributed by atoms with Crippen LogP contribution in [0.5, 0.6) is 0 Å². The van der Waals surface area contributed by atoms with Crippen molar-refractivity contribution in [1.29, 1.82) is 0 Å². The van der Waals surface area contributed by atoms with Crippen LogP contribution in [0.1, 0.15) is 55.8 Å². The van der Waals surface area contributed by atoms with Gasteiger partial charge in [0.25, 0.3) is 0 Å². The molecule has 0 saturated heterocycles. The highest BCUT2D eigenvalue weighted by Crippen LogP contribution is 2.22. The third-order valence-electron chi connectivity index (χ3n) is 3.51. The summed E-state index contributed by atoms with van der Waals surface area (Å²) in [6, 6.07) is 5.06. The van der Waals surface area contributed by atoms with Crippen LogP contribution in [-0.4, -0.2) is 24.7 Å². The second kappa shape index (κ2) is 8.46. The Morgan fingerprint density at radius 1 is 1.20 bits per heavy atom. The van der Waals surface area contributed by atoms with E-state index in [2.05, 4.69) is 6.92 Å². The first kappa shape index (κ1) is 16.3. The minimum atomic E-state index is -0.929. The lowest BCUT2D eigenvalue weighted by Gasteiger charge is -2.21. The number of benzene rings is 1. The number of aromatic carboxylic acids is 1. The van der Waals surface area contributed by atoms with Gasteiger partial charge in [-0.3, -0.25) is 0 Å². The molecule has 0 radical (unpaired) electrons. The highest BCUT2D eigenvalue weighted by atomic mass is 16.4. The number of unbranched alkanes of at least 4 members (excludes halogenated alkanes) is 5. The predicted molar refractivity (Wildman–Crippen MR) is 84.5 cm³/mol. The molecule has 0 aromatic heterocycles. The molecule has 0 amide bonds. The van der Waals surface area contributed by atoms with E-state index in [1.165, 1.54) is 38.2 Å². The van der Waals surface area contributed by atoms with Crippen molar-refractivity contribution in [2.75, 3.05) is 24.2 Å². The summed E-state index contributed by atoms with van der Waals surface area (Å²) in [7, 11) is 1.93. The van der Waals surface area contributed by atoms with E-state index >= 15 is 0 Å². The molecule has 0 aliphatic heterocycles. The molecule has 0 bridgehead atoms. The summed E-state index contributed by atoms with van der Waals surface area (Å²) in [6.07, 6.45) is 7.40. The fraction of sp³-hybridized carbons (Fsp3) is 0.562. The zero-order chi connectivity index (χ0) is 15.0. The van der Waals surface area contributed by atoms with Crippen LogP contribution in [0, 0.1) is 0 Å². The normalized spacial score (nSPS) is 10.5. The van der Waals surface area contributed by atoms with E-state index < -0.39 is 5.97 Å². The Hall–Kier alpha value is -1.71. The van der Waals surface area contributed by atoms with Gasteiger partial charge in [-0.25, -0.2) is 4.79 Å². The van der Waals surface area contributed by atoms with Gasteiger partial charge in [0.15, 0.2) is 0 Å². The largest absolute Gasteiger partial charge is 0.478 e. The lowest BCUT2D eigenvalue weighted by Crippen LogP contribution is -2.21. The minimum absolute atomic E-state index is 0.276. The van der Waals surface area contributed by atoms with Crippen molar-refractivity contribution in [2.24, 2.45) is 0 Å². The number of nitrogens with zero attached hydrogens (tertiary/aromatic N) is 1.